The van der Waals surface area contributed by atoms with Gasteiger partial charge in [-0.25, -0.2) is 4.98 Å². The minimum atomic E-state index is -4.58. The third-order valence-corrected chi connectivity index (χ3v) is 3.03. The molecule has 0 fully saturated rings. The summed E-state index contributed by atoms with van der Waals surface area (Å²) < 4.78 is 43.6. The van der Waals surface area contributed by atoms with Crippen molar-refractivity contribution in [2.45, 2.75) is 6.18 Å². The number of ether oxygens (including phenoxy) is 1. The zero-order valence-electron chi connectivity index (χ0n) is 12.8. The van der Waals surface area contributed by atoms with Crippen LogP contribution in [-0.2, 0) is 6.18 Å². The van der Waals surface area contributed by atoms with Gasteiger partial charge in [-0.15, -0.1) is 0 Å². The number of hydrogen-bond donors (Lipinski definition) is 3. The zero-order chi connectivity index (χ0) is 19.3. The number of pyridine rings is 1. The molecule has 0 atom stereocenters. The van der Waals surface area contributed by atoms with Crippen LogP contribution in [0.4, 0.5) is 18.9 Å². The smallest absolute Gasteiger partial charge is 0.416 e. The summed E-state index contributed by atoms with van der Waals surface area (Å²) in [5, 5.41) is 19.1. The van der Waals surface area contributed by atoms with E-state index in [-0.39, 0.29) is 22.5 Å². The minimum Gasteiger partial charge on any atom is -0.439 e. The number of nitrogens with one attached hydrogen (secondary N) is 2. The Kier molecular flexibility index (Phi) is 5.64. The van der Waals surface area contributed by atoms with E-state index in [9.17, 15) is 13.2 Å². The second-order valence-corrected chi connectivity index (χ2v) is 5.13. The van der Waals surface area contributed by atoms with Crippen LogP contribution in [-0.4, -0.2) is 16.5 Å². The van der Waals surface area contributed by atoms with Crippen molar-refractivity contribution in [1.29, 1.82) is 10.7 Å². The summed E-state index contributed by atoms with van der Waals surface area (Å²) in [6.07, 6.45) is -4.58. The van der Waals surface area contributed by atoms with Gasteiger partial charge in [-0.2, -0.15) is 23.5 Å². The SMILES string of the molecule is N#C/C(=N\Nc1ccc(Oc2cc(C(F)(F)F)cc(Cl)n2)cc1)C(=N)N. The summed E-state index contributed by atoms with van der Waals surface area (Å²) in [4.78, 5) is 3.69. The topological polar surface area (TPSA) is 120 Å². The molecule has 0 saturated carbocycles. The largest absolute Gasteiger partial charge is 0.439 e. The number of hydrazone groups is 1. The lowest BCUT2D eigenvalue weighted by atomic mass is 10.2. The Morgan fingerprint density at radius 3 is 2.50 bits per heavy atom. The van der Waals surface area contributed by atoms with Crippen molar-refractivity contribution in [3.8, 4) is 17.7 Å². The number of alkyl halides is 3. The highest BCUT2D eigenvalue weighted by Crippen LogP contribution is 2.33. The predicted molar refractivity (Wildman–Crippen MR) is 89.3 cm³/mol. The first-order valence-electron chi connectivity index (χ1n) is 6.80. The van der Waals surface area contributed by atoms with E-state index in [1.807, 2.05) is 0 Å². The van der Waals surface area contributed by atoms with Crippen LogP contribution >= 0.6 is 11.6 Å². The van der Waals surface area contributed by atoms with Crippen LogP contribution in [0.15, 0.2) is 41.5 Å². The standard InChI is InChI=1S/C15H10ClF3N6O/c16-12-5-8(15(17,18)19)6-13(23-12)26-10-3-1-9(2-4-10)24-25-11(7-20)14(21)22/h1-6,24H,(H3,21,22)/b25-11+. The molecule has 11 heteroatoms. The molecule has 1 aromatic carbocycles. The van der Waals surface area contributed by atoms with Crippen molar-refractivity contribution >= 4 is 28.8 Å². The van der Waals surface area contributed by atoms with E-state index in [2.05, 4.69) is 15.5 Å². The van der Waals surface area contributed by atoms with Crippen LogP contribution in [0, 0.1) is 16.7 Å². The molecule has 7 nitrogen and oxygen atoms in total. The van der Waals surface area contributed by atoms with Gasteiger partial charge in [-0.1, -0.05) is 11.6 Å². The minimum absolute atomic E-state index is 0.203. The summed E-state index contributed by atoms with van der Waals surface area (Å²) in [5.41, 5.74) is 6.81. The molecule has 0 radical (unpaired) electrons. The molecule has 2 aromatic rings. The first-order chi connectivity index (χ1) is 12.2. The summed E-state index contributed by atoms with van der Waals surface area (Å²) in [7, 11) is 0. The number of halogens is 4. The van der Waals surface area contributed by atoms with Gasteiger partial charge in [0.25, 0.3) is 0 Å². The Balaban J connectivity index is 2.14. The molecule has 0 spiro atoms. The Bertz CT molecular complexity index is 890. The third-order valence-electron chi connectivity index (χ3n) is 2.83. The van der Waals surface area contributed by atoms with E-state index in [1.165, 1.54) is 24.3 Å². The van der Waals surface area contributed by atoms with Crippen LogP contribution in [0.1, 0.15) is 5.56 Å². The molecule has 134 valence electrons. The number of anilines is 1. The highest BCUT2D eigenvalue weighted by Gasteiger charge is 2.31. The number of benzene rings is 1. The number of nitrogens with two attached hydrogens (primary N) is 1. The Hall–Kier alpha value is -3.32. The van der Waals surface area contributed by atoms with Crippen molar-refractivity contribution in [3.05, 3.63) is 47.1 Å². The third kappa shape index (κ3) is 5.09. The van der Waals surface area contributed by atoms with Crippen molar-refractivity contribution in [1.82, 2.24) is 4.98 Å². The number of amidine groups is 1. The van der Waals surface area contributed by atoms with Crippen LogP contribution < -0.4 is 15.9 Å². The number of nitriles is 1. The predicted octanol–water partition coefficient (Wildman–Crippen LogP) is 3.77. The van der Waals surface area contributed by atoms with E-state index in [4.69, 9.17) is 32.7 Å². The van der Waals surface area contributed by atoms with Crippen LogP contribution in [0.2, 0.25) is 5.15 Å². The average Bonchev–Trinajstić information content (AvgIpc) is 2.55. The number of aromatic nitrogens is 1. The Morgan fingerprint density at radius 2 is 1.96 bits per heavy atom. The Morgan fingerprint density at radius 1 is 1.31 bits per heavy atom. The molecule has 0 saturated heterocycles. The van der Waals surface area contributed by atoms with Gasteiger partial charge in [0.05, 0.1) is 11.3 Å². The molecule has 0 amide bonds. The summed E-state index contributed by atoms with van der Waals surface area (Å²) >= 11 is 5.59. The lowest BCUT2D eigenvalue weighted by Crippen LogP contribution is -2.21. The molecule has 26 heavy (non-hydrogen) atoms. The number of nitrogens with zero attached hydrogens (tertiary/aromatic N) is 3. The quantitative estimate of drug-likeness (QED) is 0.314. The van der Waals surface area contributed by atoms with Gasteiger partial charge in [0, 0.05) is 6.07 Å². The highest BCUT2D eigenvalue weighted by molar-refractivity contribution is 6.45. The van der Waals surface area contributed by atoms with E-state index in [0.717, 1.165) is 6.07 Å². The maximum atomic E-state index is 12.8. The van der Waals surface area contributed by atoms with Crippen molar-refractivity contribution < 1.29 is 17.9 Å². The van der Waals surface area contributed by atoms with Crippen LogP contribution in [0.25, 0.3) is 0 Å². The van der Waals surface area contributed by atoms with Gasteiger partial charge in [0.15, 0.2) is 5.84 Å². The molecule has 0 aliphatic rings. The lowest BCUT2D eigenvalue weighted by molar-refractivity contribution is -0.137. The summed E-state index contributed by atoms with van der Waals surface area (Å²) in [6.45, 7) is 0. The molecule has 1 heterocycles. The van der Waals surface area contributed by atoms with E-state index >= 15 is 0 Å². The molecule has 0 aliphatic carbocycles. The van der Waals surface area contributed by atoms with E-state index in [1.54, 1.807) is 6.07 Å². The van der Waals surface area contributed by atoms with Crippen molar-refractivity contribution in [2.24, 2.45) is 10.8 Å². The average molecular weight is 383 g/mol. The lowest BCUT2D eigenvalue weighted by Gasteiger charge is -2.10. The monoisotopic (exact) mass is 382 g/mol. The summed E-state index contributed by atoms with van der Waals surface area (Å²) in [5.74, 6) is -0.603. The maximum Gasteiger partial charge on any atom is 0.416 e. The molecular weight excluding hydrogens is 373 g/mol. The summed E-state index contributed by atoms with van der Waals surface area (Å²) in [6, 6.07) is 8.92. The Labute approximate surface area is 150 Å². The molecule has 4 N–H and O–H groups in total. The zero-order valence-corrected chi connectivity index (χ0v) is 13.6. The maximum absolute atomic E-state index is 12.8. The van der Waals surface area contributed by atoms with Gasteiger partial charge in [-0.05, 0) is 30.3 Å². The normalized spacial score (nSPS) is 11.6. The van der Waals surface area contributed by atoms with Crippen molar-refractivity contribution in [3.63, 3.8) is 0 Å². The van der Waals surface area contributed by atoms with Gasteiger partial charge in [0.2, 0.25) is 11.6 Å². The number of hydrogen-bond acceptors (Lipinski definition) is 6. The number of rotatable bonds is 5. The second-order valence-electron chi connectivity index (χ2n) is 4.74. The molecular formula is C15H10ClF3N6O. The molecule has 0 unspecified atom stereocenters. The van der Waals surface area contributed by atoms with Gasteiger partial charge < -0.3 is 10.5 Å². The molecule has 0 bridgehead atoms. The fraction of sp³-hybridized carbons (Fsp3) is 0.0667. The highest BCUT2D eigenvalue weighted by atomic mass is 35.5. The van der Waals surface area contributed by atoms with E-state index < -0.39 is 17.6 Å². The van der Waals surface area contributed by atoms with Gasteiger partial charge >= 0.3 is 6.18 Å². The van der Waals surface area contributed by atoms with Crippen LogP contribution in [0.5, 0.6) is 11.6 Å². The van der Waals surface area contributed by atoms with Crippen LogP contribution in [0.3, 0.4) is 0 Å². The fourth-order valence-electron chi connectivity index (χ4n) is 1.67. The first-order valence-corrected chi connectivity index (χ1v) is 7.17. The van der Waals surface area contributed by atoms with Gasteiger partial charge in [0.1, 0.15) is 17.0 Å². The second kappa shape index (κ2) is 7.71. The fourth-order valence-corrected chi connectivity index (χ4v) is 1.87. The van der Waals surface area contributed by atoms with Gasteiger partial charge in [-0.3, -0.25) is 10.8 Å². The van der Waals surface area contributed by atoms with E-state index in [0.29, 0.717) is 11.8 Å². The van der Waals surface area contributed by atoms with Crippen molar-refractivity contribution in [2.75, 3.05) is 5.43 Å². The first kappa shape index (κ1) is 19.0. The molecule has 0 aliphatic heterocycles. The molecule has 1 aromatic heterocycles. The molecule has 2 rings (SSSR count).